The van der Waals surface area contributed by atoms with Crippen LogP contribution < -0.4 is 33.8 Å². The number of esters is 2. The number of aromatic nitrogens is 1. The second kappa shape index (κ2) is 16.4. The summed E-state index contributed by atoms with van der Waals surface area (Å²) in [6.45, 7) is 5.43. The van der Waals surface area contributed by atoms with Crippen molar-refractivity contribution in [2.45, 2.75) is 33.4 Å². The van der Waals surface area contributed by atoms with Crippen LogP contribution in [0.2, 0.25) is 5.02 Å². The van der Waals surface area contributed by atoms with E-state index in [0.29, 0.717) is 49.0 Å². The Hall–Kier alpha value is -5.58. The first kappa shape index (κ1) is 36.7. The molecule has 1 aliphatic heterocycles. The van der Waals surface area contributed by atoms with Gasteiger partial charge in [0.25, 0.3) is 5.56 Å². The molecule has 0 amide bonds. The molecule has 0 unspecified atom stereocenters. The summed E-state index contributed by atoms with van der Waals surface area (Å²) in [6.07, 6.45) is 1.67. The number of fused-ring (bicyclic) bond motifs is 1. The van der Waals surface area contributed by atoms with E-state index in [2.05, 4.69) is 15.8 Å². The van der Waals surface area contributed by atoms with Crippen LogP contribution in [-0.2, 0) is 25.7 Å². The van der Waals surface area contributed by atoms with Gasteiger partial charge >= 0.3 is 11.9 Å². The van der Waals surface area contributed by atoms with Gasteiger partial charge < -0.3 is 28.4 Å². The Labute approximate surface area is 302 Å². The van der Waals surface area contributed by atoms with Crippen LogP contribution in [0.15, 0.2) is 75.7 Å². The smallest absolute Gasteiger partial charge is 0.343 e. The number of halogens is 1. The van der Waals surface area contributed by atoms with Gasteiger partial charge in [-0.15, -0.1) is 0 Å². The highest BCUT2D eigenvalue weighted by Crippen LogP contribution is 2.38. The number of hydrogen-bond acceptors (Lipinski definition) is 12. The highest BCUT2D eigenvalue weighted by Gasteiger charge is 2.34. The van der Waals surface area contributed by atoms with Crippen molar-refractivity contribution in [3.8, 4) is 29.1 Å². The number of allylic oxidation sites excluding steroid dienone is 1. The molecule has 0 N–H and O–H groups in total. The van der Waals surface area contributed by atoms with Crippen molar-refractivity contribution in [1.29, 1.82) is 5.26 Å². The van der Waals surface area contributed by atoms with Crippen molar-refractivity contribution in [3.05, 3.63) is 113 Å². The minimum absolute atomic E-state index is 0.118. The molecule has 1 aromatic heterocycles. The number of nitrogens with zero attached hydrogens (tertiary/aromatic N) is 3. The maximum Gasteiger partial charge on any atom is 0.343 e. The minimum atomic E-state index is -0.924. The third kappa shape index (κ3) is 8.09. The van der Waals surface area contributed by atoms with Crippen molar-refractivity contribution < 1.29 is 38.0 Å². The first-order valence-corrected chi connectivity index (χ1v) is 17.0. The summed E-state index contributed by atoms with van der Waals surface area (Å²) < 4.78 is 34.9. The van der Waals surface area contributed by atoms with E-state index in [1.54, 1.807) is 81.4 Å². The van der Waals surface area contributed by atoms with Crippen molar-refractivity contribution in [3.63, 3.8) is 0 Å². The molecule has 14 heteroatoms. The molecular weight excluding hydrogens is 698 g/mol. The molecule has 0 fully saturated rings. The number of thiazole rings is 1. The zero-order valence-electron chi connectivity index (χ0n) is 28.5. The third-order valence-electron chi connectivity index (χ3n) is 7.69. The second-order valence-corrected chi connectivity index (χ2v) is 12.4. The van der Waals surface area contributed by atoms with Crippen LogP contribution in [0.5, 0.6) is 23.0 Å². The summed E-state index contributed by atoms with van der Waals surface area (Å²) in [5.74, 6) is 0.0811. The number of nitriles is 1. The Morgan fingerprint density at radius 3 is 2.43 bits per heavy atom. The Morgan fingerprint density at radius 2 is 1.76 bits per heavy atom. The molecule has 0 bridgehead atoms. The van der Waals surface area contributed by atoms with Gasteiger partial charge in [0, 0.05) is 0 Å². The highest BCUT2D eigenvalue weighted by molar-refractivity contribution is 7.07. The largest absolute Gasteiger partial charge is 0.493 e. The Kier molecular flexibility index (Phi) is 11.8. The Bertz CT molecular complexity index is 2220. The highest BCUT2D eigenvalue weighted by atomic mass is 35.5. The predicted molar refractivity (Wildman–Crippen MR) is 189 cm³/mol. The molecule has 0 saturated heterocycles. The average molecular weight is 732 g/mol. The van der Waals surface area contributed by atoms with Gasteiger partial charge in [-0.05, 0) is 79.9 Å². The monoisotopic (exact) mass is 731 g/mol. The van der Waals surface area contributed by atoms with Gasteiger partial charge in [-0.1, -0.05) is 41.1 Å². The number of hydrogen-bond donors (Lipinski definition) is 0. The molecule has 2 heterocycles. The lowest BCUT2D eigenvalue weighted by Crippen LogP contribution is -2.40. The van der Waals surface area contributed by atoms with E-state index in [0.717, 1.165) is 16.9 Å². The Balaban J connectivity index is 1.57. The molecule has 5 rings (SSSR count). The fraction of sp³-hybridized carbons (Fsp3) is 0.270. The number of carbonyl (C=O) groups excluding carboxylic acids is 2. The average Bonchev–Trinajstić information content (AvgIpc) is 3.43. The number of methoxy groups -OCH3 is 2. The van der Waals surface area contributed by atoms with E-state index < -0.39 is 23.5 Å². The Morgan fingerprint density at radius 1 is 1.00 bits per heavy atom. The summed E-state index contributed by atoms with van der Waals surface area (Å²) in [5.41, 5.74) is 2.65. The van der Waals surface area contributed by atoms with Crippen LogP contribution in [0, 0.1) is 11.3 Å². The van der Waals surface area contributed by atoms with Gasteiger partial charge in [0.15, 0.2) is 34.4 Å². The van der Waals surface area contributed by atoms with Gasteiger partial charge in [0.2, 0.25) is 0 Å². The second-order valence-electron chi connectivity index (χ2n) is 10.9. The van der Waals surface area contributed by atoms with Crippen LogP contribution in [0.25, 0.3) is 6.08 Å². The minimum Gasteiger partial charge on any atom is -0.493 e. The summed E-state index contributed by atoms with van der Waals surface area (Å²) in [4.78, 5) is 44.4. The van der Waals surface area contributed by atoms with Crippen LogP contribution in [0.1, 0.15) is 49.1 Å². The van der Waals surface area contributed by atoms with Crippen molar-refractivity contribution in [2.75, 3.05) is 34.0 Å². The predicted octanol–water partition coefficient (Wildman–Crippen LogP) is 4.86. The molecule has 1 aliphatic rings. The topological polar surface area (TPSA) is 148 Å². The summed E-state index contributed by atoms with van der Waals surface area (Å²) in [5, 5.41) is 9.32. The summed E-state index contributed by atoms with van der Waals surface area (Å²) in [6, 6.07) is 16.5. The number of rotatable bonds is 13. The lowest BCUT2D eigenvalue weighted by atomic mass is 9.95. The summed E-state index contributed by atoms with van der Waals surface area (Å²) in [7, 11) is 2.75. The number of benzene rings is 3. The van der Waals surface area contributed by atoms with Gasteiger partial charge in [-0.2, -0.15) is 5.26 Å². The molecule has 4 aromatic rings. The van der Waals surface area contributed by atoms with E-state index in [9.17, 15) is 14.4 Å². The first-order valence-electron chi connectivity index (χ1n) is 15.8. The molecule has 0 radical (unpaired) electrons. The van der Waals surface area contributed by atoms with Gasteiger partial charge in [-0.3, -0.25) is 9.36 Å². The molecule has 12 nitrogen and oxygen atoms in total. The number of ether oxygens (including phenoxy) is 6. The third-order valence-corrected chi connectivity index (χ3v) is 8.95. The van der Waals surface area contributed by atoms with Gasteiger partial charge in [0.1, 0.15) is 6.61 Å². The zero-order chi connectivity index (χ0) is 36.7. The normalized spacial score (nSPS) is 13.8. The van der Waals surface area contributed by atoms with E-state index in [-0.39, 0.29) is 42.8 Å². The standard InChI is InChI=1S/C37H34ClN3O9S/c1-6-47-28-17-25(12-13-27(28)49-20-31(42)46-5)33-32(36(44)48-7-2)21(3)40-37-41(33)35(43)30(51-37)16-24-14-26(38)34(29(15-24)45-4)50-19-23-10-8-22(18-39)9-11-23/h8-17,33H,6-7,19-20H2,1-5H3/b30-16+/t33-/m1/s1. The molecular formula is C37H34ClN3O9S. The van der Waals surface area contributed by atoms with Crippen molar-refractivity contribution in [1.82, 2.24) is 4.57 Å². The fourth-order valence-electron chi connectivity index (χ4n) is 5.33. The van der Waals surface area contributed by atoms with E-state index in [4.69, 9.17) is 40.5 Å². The molecule has 264 valence electrons. The SMILES string of the molecule is CCOC(=O)C1=C(C)N=c2s/c(=C/c3cc(Cl)c(OCc4ccc(C#N)cc4)c(OC)c3)c(=O)n2[C@@H]1c1ccc(OCC(=O)OC)c(OCC)c1. The van der Waals surface area contributed by atoms with E-state index >= 15 is 0 Å². The summed E-state index contributed by atoms with van der Waals surface area (Å²) >= 11 is 7.82. The van der Waals surface area contributed by atoms with Crippen LogP contribution in [-0.4, -0.2) is 50.5 Å². The van der Waals surface area contributed by atoms with Crippen molar-refractivity contribution >= 4 is 41.0 Å². The van der Waals surface area contributed by atoms with E-state index in [1.165, 1.54) is 18.8 Å². The van der Waals surface area contributed by atoms with Crippen molar-refractivity contribution in [2.24, 2.45) is 4.99 Å². The lowest BCUT2D eigenvalue weighted by molar-refractivity contribution is -0.143. The van der Waals surface area contributed by atoms with Gasteiger partial charge in [-0.25, -0.2) is 14.6 Å². The van der Waals surface area contributed by atoms with Crippen LogP contribution in [0.3, 0.4) is 0 Å². The molecule has 0 spiro atoms. The molecule has 1 atom stereocenters. The number of carbonyl (C=O) groups is 2. The quantitative estimate of drug-likeness (QED) is 0.175. The first-order chi connectivity index (χ1) is 24.6. The van der Waals surface area contributed by atoms with Gasteiger partial charge in [0.05, 0.1) is 65.9 Å². The fourth-order valence-corrected chi connectivity index (χ4v) is 6.65. The maximum absolute atomic E-state index is 14.2. The molecule has 3 aromatic carbocycles. The molecule has 51 heavy (non-hydrogen) atoms. The zero-order valence-corrected chi connectivity index (χ0v) is 30.1. The van der Waals surface area contributed by atoms with Crippen LogP contribution >= 0.6 is 22.9 Å². The molecule has 0 saturated carbocycles. The lowest BCUT2D eigenvalue weighted by Gasteiger charge is -2.25. The van der Waals surface area contributed by atoms with Crippen LogP contribution in [0.4, 0.5) is 0 Å². The molecule has 0 aliphatic carbocycles. The maximum atomic E-state index is 14.2. The van der Waals surface area contributed by atoms with E-state index in [1.807, 2.05) is 0 Å².